The number of likely N-dealkylation sites (N-methyl/N-ethyl adjacent to an activating group) is 1. The van der Waals surface area contributed by atoms with Crippen LogP contribution in [-0.4, -0.2) is 39.1 Å². The zero-order valence-electron chi connectivity index (χ0n) is 17.1. The minimum Gasteiger partial charge on any atom is -0.496 e. The first-order valence-corrected chi connectivity index (χ1v) is 9.70. The number of fused-ring (bicyclic) bond motifs is 1. The van der Waals surface area contributed by atoms with Gasteiger partial charge in [0.2, 0.25) is 5.96 Å². The van der Waals surface area contributed by atoms with Crippen LogP contribution >= 0.6 is 0 Å². The topological polar surface area (TPSA) is 91.0 Å². The van der Waals surface area contributed by atoms with Gasteiger partial charge in [-0.3, -0.25) is 5.32 Å². The molecule has 2 atom stereocenters. The van der Waals surface area contributed by atoms with Crippen LogP contribution in [0.25, 0.3) is 0 Å². The lowest BCUT2D eigenvalue weighted by molar-refractivity contribution is 0.409. The number of nitriles is 1. The van der Waals surface area contributed by atoms with Gasteiger partial charge in [-0.25, -0.2) is 9.98 Å². The van der Waals surface area contributed by atoms with E-state index in [1.165, 1.54) is 0 Å². The van der Waals surface area contributed by atoms with Crippen molar-refractivity contribution in [3.63, 3.8) is 0 Å². The van der Waals surface area contributed by atoms with Gasteiger partial charge in [-0.2, -0.15) is 5.26 Å². The van der Waals surface area contributed by atoms with Gasteiger partial charge in [-0.1, -0.05) is 24.3 Å². The summed E-state index contributed by atoms with van der Waals surface area (Å²) in [7, 11) is 5.12. The molecule has 4 rings (SSSR count). The molecule has 1 aliphatic heterocycles. The first-order valence-electron chi connectivity index (χ1n) is 9.70. The Labute approximate surface area is 175 Å². The molecule has 0 bridgehead atoms. The maximum absolute atomic E-state index is 9.19. The van der Waals surface area contributed by atoms with Gasteiger partial charge in [0.05, 0.1) is 25.5 Å². The molecule has 152 valence electrons. The lowest BCUT2D eigenvalue weighted by atomic mass is 9.92. The number of hydrogen-bond acceptors (Lipinski definition) is 7. The summed E-state index contributed by atoms with van der Waals surface area (Å²) in [6.45, 7) is 0. The molecule has 0 fully saturated rings. The first-order chi connectivity index (χ1) is 14.7. The highest BCUT2D eigenvalue weighted by Crippen LogP contribution is 2.39. The number of allylic oxidation sites excluding steroid dienone is 1. The van der Waals surface area contributed by atoms with Gasteiger partial charge >= 0.3 is 0 Å². The second kappa shape index (κ2) is 8.39. The Balaban J connectivity index is 1.68. The minimum atomic E-state index is -0.181. The predicted molar refractivity (Wildman–Crippen MR) is 117 cm³/mol. The van der Waals surface area contributed by atoms with Crippen LogP contribution in [0, 0.1) is 11.3 Å². The van der Waals surface area contributed by atoms with Crippen LogP contribution in [-0.2, 0) is 0 Å². The Kier molecular flexibility index (Phi) is 5.50. The Hall–Kier alpha value is -3.63. The summed E-state index contributed by atoms with van der Waals surface area (Å²) in [5.74, 6) is 1.98. The van der Waals surface area contributed by atoms with Crippen molar-refractivity contribution < 1.29 is 9.47 Å². The zero-order chi connectivity index (χ0) is 21.1. The SMILES string of the molecule is CN[C@H]1N=C(Nc2ccc(C#N)c(OC)c2)N=C2C1=CCC2c1ccccc1OC. The Morgan fingerprint density at radius 2 is 1.90 bits per heavy atom. The van der Waals surface area contributed by atoms with Crippen molar-refractivity contribution in [2.45, 2.75) is 18.5 Å². The Morgan fingerprint density at radius 1 is 1.10 bits per heavy atom. The molecule has 1 heterocycles. The number of nitrogens with zero attached hydrogens (tertiary/aromatic N) is 3. The molecule has 7 nitrogen and oxygen atoms in total. The van der Waals surface area contributed by atoms with Gasteiger partial charge in [-0.15, -0.1) is 0 Å². The fraction of sp³-hybridized carbons (Fsp3) is 0.261. The summed E-state index contributed by atoms with van der Waals surface area (Å²) in [6, 6.07) is 15.5. The summed E-state index contributed by atoms with van der Waals surface area (Å²) >= 11 is 0. The third-order valence-corrected chi connectivity index (χ3v) is 5.34. The zero-order valence-corrected chi connectivity index (χ0v) is 17.1. The molecule has 0 radical (unpaired) electrons. The second-order valence-corrected chi connectivity index (χ2v) is 6.98. The number of para-hydroxylation sites is 1. The molecule has 1 aliphatic carbocycles. The van der Waals surface area contributed by atoms with Crippen LogP contribution in [0.2, 0.25) is 0 Å². The number of benzene rings is 2. The molecule has 0 amide bonds. The lowest BCUT2D eigenvalue weighted by Crippen LogP contribution is -2.35. The molecular weight excluding hydrogens is 378 g/mol. The van der Waals surface area contributed by atoms with Gasteiger partial charge in [0.25, 0.3) is 0 Å². The number of hydrogen-bond donors (Lipinski definition) is 2. The van der Waals surface area contributed by atoms with Crippen molar-refractivity contribution >= 4 is 17.4 Å². The second-order valence-electron chi connectivity index (χ2n) is 6.98. The molecule has 0 saturated carbocycles. The number of methoxy groups -OCH3 is 2. The summed E-state index contributed by atoms with van der Waals surface area (Å²) in [5.41, 5.74) is 4.42. The van der Waals surface area contributed by atoms with Crippen molar-refractivity contribution in [2.24, 2.45) is 9.98 Å². The largest absolute Gasteiger partial charge is 0.496 e. The molecule has 2 aliphatic rings. The van der Waals surface area contributed by atoms with Gasteiger partial charge in [-0.05, 0) is 31.7 Å². The average molecular weight is 401 g/mol. The quantitative estimate of drug-likeness (QED) is 0.801. The van der Waals surface area contributed by atoms with Crippen molar-refractivity contribution in [3.05, 3.63) is 65.2 Å². The molecule has 1 unspecified atom stereocenters. The van der Waals surface area contributed by atoms with E-state index in [0.717, 1.165) is 34.7 Å². The third-order valence-electron chi connectivity index (χ3n) is 5.34. The van der Waals surface area contributed by atoms with Crippen LogP contribution < -0.4 is 20.1 Å². The summed E-state index contributed by atoms with van der Waals surface area (Å²) in [6.07, 6.45) is 2.86. The first kappa shape index (κ1) is 19.7. The number of ether oxygens (including phenoxy) is 2. The Morgan fingerprint density at radius 3 is 2.63 bits per heavy atom. The van der Waals surface area contributed by atoms with Crippen LogP contribution in [0.4, 0.5) is 5.69 Å². The minimum absolute atomic E-state index is 0.106. The fourth-order valence-electron chi connectivity index (χ4n) is 3.89. The van der Waals surface area contributed by atoms with Crippen molar-refractivity contribution in [3.8, 4) is 17.6 Å². The van der Waals surface area contributed by atoms with Crippen molar-refractivity contribution in [1.82, 2.24) is 5.32 Å². The smallest absolute Gasteiger partial charge is 0.224 e. The van der Waals surface area contributed by atoms with E-state index in [1.807, 2.05) is 31.3 Å². The molecule has 2 aromatic carbocycles. The number of anilines is 1. The average Bonchev–Trinajstić information content (AvgIpc) is 3.22. The van der Waals surface area contributed by atoms with E-state index in [4.69, 9.17) is 19.5 Å². The number of rotatable bonds is 5. The maximum atomic E-state index is 9.19. The van der Waals surface area contributed by atoms with E-state index in [1.54, 1.807) is 26.4 Å². The van der Waals surface area contributed by atoms with Crippen molar-refractivity contribution in [2.75, 3.05) is 26.6 Å². The normalized spacial score (nSPS) is 19.7. The number of nitrogens with one attached hydrogen (secondary N) is 2. The summed E-state index contributed by atoms with van der Waals surface area (Å²) < 4.78 is 10.9. The van der Waals surface area contributed by atoms with Crippen LogP contribution in [0.3, 0.4) is 0 Å². The van der Waals surface area contributed by atoms with E-state index < -0.39 is 0 Å². The lowest BCUT2D eigenvalue weighted by Gasteiger charge is -2.24. The van der Waals surface area contributed by atoms with Gasteiger partial charge in [0, 0.05) is 28.8 Å². The molecule has 30 heavy (non-hydrogen) atoms. The van der Waals surface area contributed by atoms with Gasteiger partial charge < -0.3 is 14.8 Å². The highest BCUT2D eigenvalue weighted by atomic mass is 16.5. The highest BCUT2D eigenvalue weighted by molar-refractivity contribution is 6.16. The number of aliphatic imine (C=N–C) groups is 2. The summed E-state index contributed by atoms with van der Waals surface area (Å²) in [5, 5.41) is 15.7. The van der Waals surface area contributed by atoms with Crippen LogP contribution in [0.5, 0.6) is 11.5 Å². The van der Waals surface area contributed by atoms with Crippen LogP contribution in [0.15, 0.2) is 64.1 Å². The molecule has 0 saturated heterocycles. The maximum Gasteiger partial charge on any atom is 0.224 e. The summed E-state index contributed by atoms with van der Waals surface area (Å²) in [4.78, 5) is 9.56. The number of guanidine groups is 1. The van der Waals surface area contributed by atoms with E-state index in [0.29, 0.717) is 17.3 Å². The molecular formula is C23H23N5O2. The van der Waals surface area contributed by atoms with E-state index in [9.17, 15) is 5.26 Å². The monoisotopic (exact) mass is 401 g/mol. The molecule has 0 spiro atoms. The predicted octanol–water partition coefficient (Wildman–Crippen LogP) is 3.46. The molecule has 2 aromatic rings. The van der Waals surface area contributed by atoms with Crippen molar-refractivity contribution in [1.29, 1.82) is 5.26 Å². The Bertz CT molecular complexity index is 1100. The third kappa shape index (κ3) is 3.53. The van der Waals surface area contributed by atoms with E-state index in [2.05, 4.69) is 28.8 Å². The molecule has 0 aromatic heterocycles. The van der Waals surface area contributed by atoms with E-state index >= 15 is 0 Å². The van der Waals surface area contributed by atoms with Crippen LogP contribution in [0.1, 0.15) is 23.5 Å². The fourth-order valence-corrected chi connectivity index (χ4v) is 3.89. The molecule has 2 N–H and O–H groups in total. The molecule has 7 heteroatoms. The van der Waals surface area contributed by atoms with Gasteiger partial charge in [0.15, 0.2) is 0 Å². The highest BCUT2D eigenvalue weighted by Gasteiger charge is 2.35. The van der Waals surface area contributed by atoms with Gasteiger partial charge in [0.1, 0.15) is 23.7 Å². The van der Waals surface area contributed by atoms with E-state index in [-0.39, 0.29) is 12.1 Å². The standard InChI is InChI=1S/C23H23N5O2/c1-25-22-18-11-10-17(16-6-4-5-7-19(16)29-2)21(18)27-23(28-22)26-15-9-8-14(13-24)20(12-15)30-3/h4-9,11-12,17,22,25H,10H2,1-3H3,(H,26,28)/t17?,22-/m0/s1.